The van der Waals surface area contributed by atoms with Crippen LogP contribution in [0.3, 0.4) is 0 Å². The maximum atomic E-state index is 12.5. The van der Waals surface area contributed by atoms with Crippen molar-refractivity contribution in [2.75, 3.05) is 37.8 Å². The number of pyridine rings is 1. The van der Waals surface area contributed by atoms with Crippen molar-refractivity contribution in [2.24, 2.45) is 0 Å². The molecule has 3 heterocycles. The van der Waals surface area contributed by atoms with Gasteiger partial charge in [0.15, 0.2) is 6.10 Å². The summed E-state index contributed by atoms with van der Waals surface area (Å²) < 4.78 is 10.9. The van der Waals surface area contributed by atoms with Crippen molar-refractivity contribution in [3.8, 4) is 6.07 Å². The highest BCUT2D eigenvalue weighted by Crippen LogP contribution is 2.21. The van der Waals surface area contributed by atoms with Gasteiger partial charge in [-0.3, -0.25) is 4.79 Å². The number of amides is 1. The van der Waals surface area contributed by atoms with Crippen molar-refractivity contribution in [1.82, 2.24) is 10.3 Å². The second-order valence-electron chi connectivity index (χ2n) is 6.14. The summed E-state index contributed by atoms with van der Waals surface area (Å²) in [4.78, 5) is 18.9. The predicted molar refractivity (Wildman–Crippen MR) is 87.6 cm³/mol. The third-order valence-corrected chi connectivity index (χ3v) is 4.36. The summed E-state index contributed by atoms with van der Waals surface area (Å²) in [5.41, 5.74) is 1.37. The first-order chi connectivity index (χ1) is 11.7. The van der Waals surface area contributed by atoms with Gasteiger partial charge in [0.1, 0.15) is 11.9 Å². The molecule has 0 spiro atoms. The minimum absolute atomic E-state index is 0.0993. The lowest BCUT2D eigenvalue weighted by atomic mass is 10.1. The van der Waals surface area contributed by atoms with Gasteiger partial charge in [-0.15, -0.1) is 0 Å². The average molecular weight is 330 g/mol. The molecule has 0 saturated carbocycles. The van der Waals surface area contributed by atoms with Gasteiger partial charge in [0, 0.05) is 31.5 Å². The Morgan fingerprint density at radius 2 is 2.17 bits per heavy atom. The van der Waals surface area contributed by atoms with Crippen LogP contribution in [-0.4, -0.2) is 55.9 Å². The Labute approximate surface area is 141 Å². The van der Waals surface area contributed by atoms with E-state index in [1.54, 1.807) is 6.07 Å². The SMILES string of the molecule is Cc1ccc(C#N)c(N2CCOC(C(=O)NC3CCOCC3)C2)n1. The Balaban J connectivity index is 1.67. The lowest BCUT2D eigenvalue weighted by Gasteiger charge is -2.34. The first kappa shape index (κ1) is 16.7. The number of carbonyl (C=O) groups excluding carboxylic acids is 1. The molecule has 2 aliphatic rings. The van der Waals surface area contributed by atoms with Crippen LogP contribution < -0.4 is 10.2 Å². The number of nitrogens with zero attached hydrogens (tertiary/aromatic N) is 3. The standard InChI is InChI=1S/C17H22N4O3/c1-12-2-3-13(10-18)16(19-12)21-6-9-24-15(11-21)17(22)20-14-4-7-23-8-5-14/h2-3,14-15H,4-9,11H2,1H3,(H,20,22). The van der Waals surface area contributed by atoms with Crippen molar-refractivity contribution in [3.05, 3.63) is 23.4 Å². The second kappa shape index (κ2) is 7.60. The lowest BCUT2D eigenvalue weighted by molar-refractivity contribution is -0.134. The molecule has 128 valence electrons. The Hall–Kier alpha value is -2.17. The number of morpholine rings is 1. The van der Waals surface area contributed by atoms with Crippen molar-refractivity contribution in [3.63, 3.8) is 0 Å². The van der Waals surface area contributed by atoms with E-state index in [9.17, 15) is 10.1 Å². The number of ether oxygens (including phenoxy) is 2. The van der Waals surface area contributed by atoms with E-state index < -0.39 is 6.10 Å². The molecule has 0 aliphatic carbocycles. The number of hydrogen-bond acceptors (Lipinski definition) is 6. The van der Waals surface area contributed by atoms with E-state index in [-0.39, 0.29) is 11.9 Å². The molecule has 7 nitrogen and oxygen atoms in total. The van der Waals surface area contributed by atoms with Gasteiger partial charge in [-0.2, -0.15) is 5.26 Å². The Morgan fingerprint density at radius 1 is 1.38 bits per heavy atom. The summed E-state index contributed by atoms with van der Waals surface area (Å²) in [5.74, 6) is 0.530. The number of rotatable bonds is 3. The van der Waals surface area contributed by atoms with Crippen LogP contribution in [0.2, 0.25) is 0 Å². The third kappa shape index (κ3) is 3.83. The van der Waals surface area contributed by atoms with E-state index >= 15 is 0 Å². The zero-order chi connectivity index (χ0) is 16.9. The Morgan fingerprint density at radius 3 is 2.92 bits per heavy atom. The predicted octanol–water partition coefficient (Wildman–Crippen LogP) is 0.762. The molecule has 1 aromatic rings. The third-order valence-electron chi connectivity index (χ3n) is 4.36. The van der Waals surface area contributed by atoms with E-state index in [1.165, 1.54) is 0 Å². The monoisotopic (exact) mass is 330 g/mol. The maximum absolute atomic E-state index is 12.5. The lowest BCUT2D eigenvalue weighted by Crippen LogP contribution is -2.52. The molecule has 1 unspecified atom stereocenters. The van der Waals surface area contributed by atoms with Crippen LogP contribution in [0.25, 0.3) is 0 Å². The Bertz CT molecular complexity index is 637. The summed E-state index contributed by atoms with van der Waals surface area (Å²) in [7, 11) is 0. The zero-order valence-electron chi connectivity index (χ0n) is 13.8. The first-order valence-electron chi connectivity index (χ1n) is 8.30. The van der Waals surface area contributed by atoms with Crippen LogP contribution in [0.5, 0.6) is 0 Å². The molecule has 3 rings (SSSR count). The van der Waals surface area contributed by atoms with Crippen LogP contribution in [0, 0.1) is 18.3 Å². The molecule has 0 bridgehead atoms. The number of nitrogens with one attached hydrogen (secondary N) is 1. The van der Waals surface area contributed by atoms with E-state index in [4.69, 9.17) is 9.47 Å². The number of aromatic nitrogens is 1. The summed E-state index contributed by atoms with van der Waals surface area (Å²) in [6.07, 6.45) is 1.12. The molecule has 0 aromatic carbocycles. The number of nitriles is 1. The topological polar surface area (TPSA) is 87.5 Å². The fraction of sp³-hybridized carbons (Fsp3) is 0.588. The molecule has 2 fully saturated rings. The van der Waals surface area contributed by atoms with Gasteiger partial charge in [-0.25, -0.2) is 4.98 Å². The molecule has 1 aromatic heterocycles. The molecule has 0 radical (unpaired) electrons. The molecule has 1 amide bonds. The largest absolute Gasteiger partial charge is 0.381 e. The summed E-state index contributed by atoms with van der Waals surface area (Å²) in [5, 5.41) is 12.3. The minimum atomic E-state index is -0.546. The molecule has 2 saturated heterocycles. The molecule has 2 aliphatic heterocycles. The number of anilines is 1. The summed E-state index contributed by atoms with van der Waals surface area (Å²) in [6.45, 7) is 4.71. The van der Waals surface area contributed by atoms with Crippen LogP contribution in [0.15, 0.2) is 12.1 Å². The van der Waals surface area contributed by atoms with Crippen LogP contribution in [0.1, 0.15) is 24.1 Å². The highest BCUT2D eigenvalue weighted by atomic mass is 16.5. The van der Waals surface area contributed by atoms with E-state index in [0.717, 1.165) is 18.5 Å². The van der Waals surface area contributed by atoms with E-state index in [1.807, 2.05) is 17.9 Å². The van der Waals surface area contributed by atoms with Crippen molar-refractivity contribution < 1.29 is 14.3 Å². The second-order valence-corrected chi connectivity index (χ2v) is 6.14. The van der Waals surface area contributed by atoms with Crippen molar-refractivity contribution >= 4 is 11.7 Å². The highest BCUT2D eigenvalue weighted by molar-refractivity contribution is 5.82. The van der Waals surface area contributed by atoms with E-state index in [2.05, 4.69) is 16.4 Å². The molecule has 24 heavy (non-hydrogen) atoms. The number of hydrogen-bond donors (Lipinski definition) is 1. The van der Waals surface area contributed by atoms with Gasteiger partial charge in [-0.05, 0) is 31.9 Å². The van der Waals surface area contributed by atoms with Crippen molar-refractivity contribution in [1.29, 1.82) is 5.26 Å². The van der Waals surface area contributed by atoms with Crippen LogP contribution >= 0.6 is 0 Å². The van der Waals surface area contributed by atoms with Gasteiger partial charge in [0.05, 0.1) is 18.7 Å². The zero-order valence-corrected chi connectivity index (χ0v) is 13.8. The quantitative estimate of drug-likeness (QED) is 0.880. The fourth-order valence-electron chi connectivity index (χ4n) is 3.01. The van der Waals surface area contributed by atoms with Gasteiger partial charge < -0.3 is 19.7 Å². The van der Waals surface area contributed by atoms with Crippen LogP contribution in [-0.2, 0) is 14.3 Å². The molecule has 7 heteroatoms. The van der Waals surface area contributed by atoms with Gasteiger partial charge in [0.25, 0.3) is 5.91 Å². The van der Waals surface area contributed by atoms with E-state index in [0.29, 0.717) is 44.3 Å². The van der Waals surface area contributed by atoms with Gasteiger partial charge >= 0.3 is 0 Å². The van der Waals surface area contributed by atoms with Crippen molar-refractivity contribution in [2.45, 2.75) is 31.9 Å². The maximum Gasteiger partial charge on any atom is 0.251 e. The van der Waals surface area contributed by atoms with Gasteiger partial charge in [0.2, 0.25) is 0 Å². The average Bonchev–Trinajstić information content (AvgIpc) is 2.62. The minimum Gasteiger partial charge on any atom is -0.381 e. The number of aryl methyl sites for hydroxylation is 1. The smallest absolute Gasteiger partial charge is 0.251 e. The first-order valence-corrected chi connectivity index (χ1v) is 8.30. The summed E-state index contributed by atoms with van der Waals surface area (Å²) >= 11 is 0. The fourth-order valence-corrected chi connectivity index (χ4v) is 3.01. The highest BCUT2D eigenvalue weighted by Gasteiger charge is 2.30. The molecule has 1 N–H and O–H groups in total. The molecular formula is C17H22N4O3. The Kier molecular flexibility index (Phi) is 5.28. The summed E-state index contributed by atoms with van der Waals surface area (Å²) in [6, 6.07) is 5.91. The molecular weight excluding hydrogens is 308 g/mol. The van der Waals surface area contributed by atoms with Crippen LogP contribution in [0.4, 0.5) is 5.82 Å². The number of carbonyl (C=O) groups is 1. The normalized spacial score (nSPS) is 22.0. The molecule has 1 atom stereocenters. The van der Waals surface area contributed by atoms with Gasteiger partial charge in [-0.1, -0.05) is 0 Å².